The molecular formula is C22H27N5. The molecule has 3 aromatic rings. The highest BCUT2D eigenvalue weighted by Crippen LogP contribution is 2.26. The van der Waals surface area contributed by atoms with Gasteiger partial charge in [0.15, 0.2) is 5.82 Å². The molecule has 0 fully saturated rings. The van der Waals surface area contributed by atoms with Gasteiger partial charge >= 0.3 is 0 Å². The molecule has 0 atom stereocenters. The number of rotatable bonds is 7. The van der Waals surface area contributed by atoms with E-state index in [1.54, 1.807) is 6.20 Å². The Balaban J connectivity index is 1.85. The minimum absolute atomic E-state index is 0.290. The van der Waals surface area contributed by atoms with Crippen molar-refractivity contribution in [3.63, 3.8) is 0 Å². The van der Waals surface area contributed by atoms with E-state index in [-0.39, 0.29) is 6.04 Å². The minimum atomic E-state index is 0.290. The highest BCUT2D eigenvalue weighted by atomic mass is 15.3. The molecular weight excluding hydrogens is 334 g/mol. The van der Waals surface area contributed by atoms with Crippen LogP contribution in [0.15, 0.2) is 60.8 Å². The van der Waals surface area contributed by atoms with Gasteiger partial charge in [-0.15, -0.1) is 5.10 Å². The Hall–Kier alpha value is -2.95. The number of para-hydroxylation sites is 1. The highest BCUT2D eigenvalue weighted by molar-refractivity contribution is 5.60. The molecule has 0 aliphatic heterocycles. The first kappa shape index (κ1) is 18.8. The fourth-order valence-electron chi connectivity index (χ4n) is 3.03. The molecule has 1 heterocycles. The topological polar surface area (TPSA) is 53.9 Å². The van der Waals surface area contributed by atoms with E-state index in [0.29, 0.717) is 11.9 Å². The highest BCUT2D eigenvalue weighted by Gasteiger charge is 2.15. The molecule has 0 aliphatic carbocycles. The second-order valence-electron chi connectivity index (χ2n) is 7.21. The molecule has 1 N–H and O–H groups in total. The van der Waals surface area contributed by atoms with Gasteiger partial charge in [0.05, 0.1) is 6.20 Å². The normalized spacial score (nSPS) is 11.0. The predicted octanol–water partition coefficient (Wildman–Crippen LogP) is 5.15. The van der Waals surface area contributed by atoms with Gasteiger partial charge in [-0.1, -0.05) is 62.4 Å². The van der Waals surface area contributed by atoms with Gasteiger partial charge in [-0.2, -0.15) is 10.1 Å². The van der Waals surface area contributed by atoms with E-state index in [9.17, 15) is 0 Å². The lowest BCUT2D eigenvalue weighted by molar-refractivity contribution is 0.668. The van der Waals surface area contributed by atoms with Gasteiger partial charge < -0.3 is 10.2 Å². The first-order valence-corrected chi connectivity index (χ1v) is 9.41. The maximum atomic E-state index is 4.73. The number of nitrogens with one attached hydrogen (secondary N) is 1. The van der Waals surface area contributed by atoms with Crippen molar-refractivity contribution in [2.45, 2.75) is 46.2 Å². The molecule has 0 aliphatic rings. The van der Waals surface area contributed by atoms with E-state index in [2.05, 4.69) is 90.6 Å². The van der Waals surface area contributed by atoms with Crippen LogP contribution in [-0.4, -0.2) is 21.2 Å². The SMILES string of the molecule is CC(C)c1ccccc1Nc1nncc(N(Cc2ccccc2)C(C)C)n1. The number of hydrogen-bond acceptors (Lipinski definition) is 5. The number of nitrogens with zero attached hydrogens (tertiary/aromatic N) is 4. The molecule has 0 unspecified atom stereocenters. The van der Waals surface area contributed by atoms with Crippen LogP contribution in [0.5, 0.6) is 0 Å². The summed E-state index contributed by atoms with van der Waals surface area (Å²) < 4.78 is 0. The lowest BCUT2D eigenvalue weighted by atomic mass is 10.0. The van der Waals surface area contributed by atoms with Crippen molar-refractivity contribution in [1.82, 2.24) is 15.2 Å². The maximum Gasteiger partial charge on any atom is 0.249 e. The fourth-order valence-corrected chi connectivity index (χ4v) is 3.03. The Bertz CT molecular complexity index is 861. The van der Waals surface area contributed by atoms with E-state index >= 15 is 0 Å². The molecule has 140 valence electrons. The van der Waals surface area contributed by atoms with E-state index in [0.717, 1.165) is 18.1 Å². The van der Waals surface area contributed by atoms with Gasteiger partial charge in [0.1, 0.15) is 0 Å². The minimum Gasteiger partial charge on any atom is -0.348 e. The summed E-state index contributed by atoms with van der Waals surface area (Å²) in [6, 6.07) is 18.9. The van der Waals surface area contributed by atoms with Gasteiger partial charge in [0.25, 0.3) is 0 Å². The quantitative estimate of drug-likeness (QED) is 0.630. The predicted molar refractivity (Wildman–Crippen MR) is 111 cm³/mol. The van der Waals surface area contributed by atoms with Crippen LogP contribution in [0, 0.1) is 0 Å². The molecule has 2 aromatic carbocycles. The zero-order valence-electron chi connectivity index (χ0n) is 16.4. The van der Waals surface area contributed by atoms with E-state index < -0.39 is 0 Å². The van der Waals surface area contributed by atoms with Crippen LogP contribution < -0.4 is 10.2 Å². The second kappa shape index (κ2) is 8.62. The van der Waals surface area contributed by atoms with Gasteiger partial charge in [-0.3, -0.25) is 0 Å². The lowest BCUT2D eigenvalue weighted by Crippen LogP contribution is -2.31. The van der Waals surface area contributed by atoms with Crippen molar-refractivity contribution in [3.05, 3.63) is 71.9 Å². The van der Waals surface area contributed by atoms with Crippen LogP contribution in [0.2, 0.25) is 0 Å². The molecule has 5 nitrogen and oxygen atoms in total. The Morgan fingerprint density at radius 2 is 1.63 bits per heavy atom. The third kappa shape index (κ3) is 4.82. The molecule has 0 radical (unpaired) electrons. The third-order valence-corrected chi connectivity index (χ3v) is 4.49. The Kier molecular flexibility index (Phi) is 6.01. The molecule has 27 heavy (non-hydrogen) atoms. The van der Waals surface area contributed by atoms with Crippen LogP contribution in [-0.2, 0) is 6.54 Å². The summed E-state index contributed by atoms with van der Waals surface area (Å²) in [6.07, 6.45) is 1.72. The number of anilines is 3. The largest absolute Gasteiger partial charge is 0.348 e. The summed E-state index contributed by atoms with van der Waals surface area (Å²) in [5.41, 5.74) is 3.49. The Morgan fingerprint density at radius 1 is 0.926 bits per heavy atom. The molecule has 0 saturated carbocycles. The van der Waals surface area contributed by atoms with Crippen molar-refractivity contribution < 1.29 is 0 Å². The van der Waals surface area contributed by atoms with Gasteiger partial charge in [0, 0.05) is 18.3 Å². The van der Waals surface area contributed by atoms with Crippen LogP contribution in [0.4, 0.5) is 17.5 Å². The monoisotopic (exact) mass is 361 g/mol. The molecule has 0 amide bonds. The van der Waals surface area contributed by atoms with Crippen LogP contribution in [0.1, 0.15) is 44.7 Å². The Labute approximate surface area is 161 Å². The first-order chi connectivity index (χ1) is 13.0. The van der Waals surface area contributed by atoms with Gasteiger partial charge in [-0.05, 0) is 37.0 Å². The summed E-state index contributed by atoms with van der Waals surface area (Å²) in [7, 11) is 0. The molecule has 1 aromatic heterocycles. The summed E-state index contributed by atoms with van der Waals surface area (Å²) in [4.78, 5) is 6.95. The number of hydrogen-bond donors (Lipinski definition) is 1. The average molecular weight is 361 g/mol. The lowest BCUT2D eigenvalue weighted by Gasteiger charge is -2.27. The smallest absolute Gasteiger partial charge is 0.249 e. The van der Waals surface area contributed by atoms with Crippen LogP contribution in [0.25, 0.3) is 0 Å². The first-order valence-electron chi connectivity index (χ1n) is 9.41. The van der Waals surface area contributed by atoms with Crippen molar-refractivity contribution in [3.8, 4) is 0 Å². The van der Waals surface area contributed by atoms with Crippen LogP contribution in [0.3, 0.4) is 0 Å². The van der Waals surface area contributed by atoms with Crippen molar-refractivity contribution >= 4 is 17.5 Å². The van der Waals surface area contributed by atoms with Gasteiger partial charge in [-0.25, -0.2) is 0 Å². The molecule has 3 rings (SSSR count). The average Bonchev–Trinajstić information content (AvgIpc) is 2.67. The number of benzene rings is 2. The van der Waals surface area contributed by atoms with E-state index in [4.69, 9.17) is 4.98 Å². The number of aromatic nitrogens is 3. The second-order valence-corrected chi connectivity index (χ2v) is 7.21. The standard InChI is InChI=1S/C22H27N5/c1-16(2)19-12-8-9-13-20(19)24-22-25-21(14-23-26-22)27(17(3)4)15-18-10-6-5-7-11-18/h5-14,16-17H,15H2,1-4H3,(H,24,25,26). The fraction of sp³-hybridized carbons (Fsp3) is 0.318. The summed E-state index contributed by atoms with van der Waals surface area (Å²) in [5, 5.41) is 11.7. The van der Waals surface area contributed by atoms with Crippen molar-refractivity contribution in [1.29, 1.82) is 0 Å². The van der Waals surface area contributed by atoms with Crippen LogP contribution >= 0.6 is 0 Å². The summed E-state index contributed by atoms with van der Waals surface area (Å²) in [6.45, 7) is 9.45. The maximum absolute atomic E-state index is 4.73. The molecule has 0 spiro atoms. The molecule has 0 bridgehead atoms. The van der Waals surface area contributed by atoms with Crippen molar-refractivity contribution in [2.75, 3.05) is 10.2 Å². The summed E-state index contributed by atoms with van der Waals surface area (Å²) in [5.74, 6) is 1.74. The zero-order valence-corrected chi connectivity index (χ0v) is 16.4. The zero-order chi connectivity index (χ0) is 19.2. The summed E-state index contributed by atoms with van der Waals surface area (Å²) >= 11 is 0. The van der Waals surface area contributed by atoms with E-state index in [1.165, 1.54) is 11.1 Å². The third-order valence-electron chi connectivity index (χ3n) is 4.49. The van der Waals surface area contributed by atoms with E-state index in [1.807, 2.05) is 12.1 Å². The molecule has 0 saturated heterocycles. The molecule has 5 heteroatoms. The van der Waals surface area contributed by atoms with Crippen molar-refractivity contribution in [2.24, 2.45) is 0 Å². The van der Waals surface area contributed by atoms with Gasteiger partial charge in [0.2, 0.25) is 5.95 Å². The Morgan fingerprint density at radius 3 is 2.33 bits per heavy atom.